The highest BCUT2D eigenvalue weighted by Gasteiger charge is 2.43. The Morgan fingerprint density at radius 3 is 0.706 bits per heavy atom. The maximum absolute atomic E-state index is 12.3. The van der Waals surface area contributed by atoms with E-state index in [0.717, 1.165) is 0 Å². The van der Waals surface area contributed by atoms with E-state index in [1.165, 1.54) is 104 Å². The van der Waals surface area contributed by atoms with Crippen molar-refractivity contribution in [1.29, 1.82) is 0 Å². The Bertz CT molecular complexity index is 5910. The molecule has 0 spiro atoms. The lowest BCUT2D eigenvalue weighted by atomic mass is 9.87. The average Bonchev–Trinajstić information content (AvgIpc) is 1.60. The molecule has 0 unspecified atom stereocenters. The summed E-state index contributed by atoms with van der Waals surface area (Å²) < 4.78 is 242. The Hall–Kier alpha value is -9.85. The van der Waals surface area contributed by atoms with Crippen molar-refractivity contribution in [2.24, 2.45) is 0 Å². The van der Waals surface area contributed by atoms with Crippen molar-refractivity contribution in [2.75, 3.05) is 26.4 Å². The standard InChI is InChI=1S/C22H23S.C20H26I.C18H13S.C16H18I.4C6H8F2O5S/c1-22(2,3)18-14-16-21(17-15-18)23(19-10-6-4-7-11-19)20-12-8-5-9-13-20;1-19(2,3)15-7-11-17(12-8-15)21-18-13-9-16(10-14-18)20(4,5)6;1-2-8-14(9-3-1)19-17-12-6-4-10-15(17)16-11-5-7-13-18(16)19;1-16(2,3)13-9-11-15(12-10-13)17-14-7-5-4-6-8-14;4*1-4(2)5(9)13-3-6(7,8)14(10,11)12/h4-17H,1-3H3;7-14H,1-6H3;1-13H;4-12H,1-3H3;4*1,3H2,2H3,(H,10,11,12)/q4*+1;;;;/p-4. The van der Waals surface area contributed by atoms with E-state index in [9.17, 15) is 106 Å². The first kappa shape index (κ1) is 118. The van der Waals surface area contributed by atoms with Crippen LogP contribution in [-0.2, 0) is 111 Å². The number of carbonyl (C=O) groups excluding carboxylic acids is 4. The molecule has 20 nitrogen and oxygen atoms in total. The van der Waals surface area contributed by atoms with E-state index in [4.69, 9.17) is 0 Å². The lowest BCUT2D eigenvalue weighted by molar-refractivity contribution is -0.597. The molecular formula is C100H108F8I2O20S6. The minimum Gasteiger partial charge on any atom is -0.743 e. The molecule has 136 heavy (non-hydrogen) atoms. The second kappa shape index (κ2) is 51.2. The maximum Gasteiger partial charge on any atom is 0.367 e. The van der Waals surface area contributed by atoms with E-state index in [1.54, 1.807) is 0 Å². The summed E-state index contributed by atoms with van der Waals surface area (Å²) in [7, 11) is -23.2. The maximum atomic E-state index is 12.3. The summed E-state index contributed by atoms with van der Waals surface area (Å²) in [6, 6.07) is 97.5. The van der Waals surface area contributed by atoms with E-state index in [1.807, 2.05) is 0 Å². The third-order valence-electron chi connectivity index (χ3n) is 18.0. The molecule has 1 aromatic heterocycles. The normalized spacial score (nSPS) is 11.9. The van der Waals surface area contributed by atoms with E-state index in [0.29, 0.717) is 0 Å². The van der Waals surface area contributed by atoms with Crippen LogP contribution in [0.5, 0.6) is 0 Å². The number of rotatable bonds is 24. The molecule has 1 heterocycles. The molecule has 0 atom stereocenters. The largest absolute Gasteiger partial charge is 0.743 e. The minimum absolute atomic E-state index is 0.0208. The lowest BCUT2D eigenvalue weighted by Crippen LogP contribution is -3.61. The quantitative estimate of drug-likeness (QED) is 0.0103. The van der Waals surface area contributed by atoms with Crippen LogP contribution in [0.3, 0.4) is 0 Å². The Morgan fingerprint density at radius 2 is 0.485 bits per heavy atom. The third kappa shape index (κ3) is 38.8. The molecule has 0 aliphatic carbocycles. The highest BCUT2D eigenvalue weighted by atomic mass is 127. The van der Waals surface area contributed by atoms with E-state index >= 15 is 0 Å². The highest BCUT2D eigenvalue weighted by molar-refractivity contribution is 7.97. The van der Waals surface area contributed by atoms with Gasteiger partial charge in [-0.15, -0.1) is 0 Å². The van der Waals surface area contributed by atoms with E-state index in [2.05, 4.69) is 395 Å². The Morgan fingerprint density at radius 1 is 0.294 bits per heavy atom. The lowest BCUT2D eigenvalue weighted by Gasteiger charge is -2.19. The SMILES string of the molecule is C=C(C)C(=O)OCC(F)(F)S(=O)(=O)[O-].C=C(C)C(=O)OCC(F)(F)S(=O)(=O)[O-].C=C(C)C(=O)OCC(F)(F)S(=O)(=O)[O-].C=C(C)C(=O)OCC(F)(F)S(=O)(=O)[O-].CC(C)(C)c1ccc([I+]c2ccc(C(C)(C)C)cc2)cc1.CC(C)(C)c1ccc([I+]c2ccccc2)cc1.CC(C)(C)c1ccc([S+](c2ccccc2)c2ccccc2)cc1.c1ccc(-[s+]2c3ccccc3c3ccccc32)cc1. The Balaban J connectivity index is 0.000000328. The summed E-state index contributed by atoms with van der Waals surface area (Å²) in [4.78, 5) is 47.8. The molecule has 0 fully saturated rings. The predicted molar refractivity (Wildman–Crippen MR) is 504 cm³/mol. The van der Waals surface area contributed by atoms with Crippen LogP contribution < -0.4 is 42.4 Å². The number of hydrogen-bond donors (Lipinski definition) is 0. The van der Waals surface area contributed by atoms with Crippen LogP contribution in [0.1, 0.15) is 133 Å². The van der Waals surface area contributed by atoms with E-state index < -0.39 is 112 Å². The second-order valence-corrected chi connectivity index (χ2v) is 49.9. The average molecular weight is 2230 g/mol. The molecule has 11 rings (SSSR count). The van der Waals surface area contributed by atoms with Gasteiger partial charge in [0, 0.05) is 43.5 Å². The molecule has 0 saturated heterocycles. The fraction of sp³-hybridized carbons (Fsp3) is 0.280. The Kier molecular flexibility index (Phi) is 44.6. The molecule has 11 aromatic rings. The van der Waals surface area contributed by atoms with Crippen molar-refractivity contribution in [3.8, 4) is 4.90 Å². The van der Waals surface area contributed by atoms with Crippen LogP contribution in [0, 0.1) is 14.3 Å². The molecule has 36 heteroatoms. The summed E-state index contributed by atoms with van der Waals surface area (Å²) >= 11 is -0.0911. The monoisotopic (exact) mass is 2230 g/mol. The van der Waals surface area contributed by atoms with Crippen molar-refractivity contribution >= 4 is 106 Å². The van der Waals surface area contributed by atoms with Gasteiger partial charge >= 0.3 is 87.3 Å². The van der Waals surface area contributed by atoms with Crippen LogP contribution in [0.4, 0.5) is 35.1 Å². The van der Waals surface area contributed by atoms with Gasteiger partial charge < -0.3 is 37.2 Å². The van der Waals surface area contributed by atoms with Gasteiger partial charge in [0.2, 0.25) is 0 Å². The van der Waals surface area contributed by atoms with Gasteiger partial charge in [0.25, 0.3) is 0 Å². The molecular weight excluding hydrogens is 2120 g/mol. The van der Waals surface area contributed by atoms with Crippen LogP contribution >= 0.6 is 10.5 Å². The van der Waals surface area contributed by atoms with Gasteiger partial charge in [-0.1, -0.05) is 255 Å². The number of alkyl halides is 8. The van der Waals surface area contributed by atoms with Crippen molar-refractivity contribution in [3.63, 3.8) is 0 Å². The number of hydrogen-bond acceptors (Lipinski definition) is 20. The van der Waals surface area contributed by atoms with Gasteiger partial charge in [-0.2, -0.15) is 35.1 Å². The predicted octanol–water partition coefficient (Wildman–Crippen LogP) is 16.3. The number of thiophene rings is 1. The summed E-state index contributed by atoms with van der Waals surface area (Å²) in [5.74, 6) is -4.75. The topological polar surface area (TPSA) is 334 Å². The summed E-state index contributed by atoms with van der Waals surface area (Å²) in [6.45, 7) is 37.0. The zero-order valence-corrected chi connectivity index (χ0v) is 86.7. The third-order valence-corrected chi connectivity index (χ3v) is 31.4. The fourth-order valence-corrected chi connectivity index (χ4v) is 20.1. The second-order valence-electron chi connectivity index (χ2n) is 33.9. The molecule has 0 radical (unpaired) electrons. The fourth-order valence-electron chi connectivity index (χ4n) is 10.4. The smallest absolute Gasteiger partial charge is 0.367 e. The summed E-state index contributed by atoms with van der Waals surface area (Å²) in [6.07, 6.45) is 0. The molecule has 0 aliphatic heterocycles. The van der Waals surface area contributed by atoms with Crippen molar-refractivity contribution in [2.45, 2.75) is 168 Å². The van der Waals surface area contributed by atoms with Crippen LogP contribution in [-0.4, -0.2) is 123 Å². The van der Waals surface area contributed by atoms with Crippen LogP contribution in [0.15, 0.2) is 330 Å². The molecule has 0 aliphatic rings. The molecule has 0 saturated carbocycles. The first-order valence-electron chi connectivity index (χ1n) is 40.8. The van der Waals surface area contributed by atoms with Gasteiger partial charge in [-0.3, -0.25) is 0 Å². The van der Waals surface area contributed by atoms with Gasteiger partial charge in [0.05, 0.1) is 10.9 Å². The number of fused-ring (bicyclic) bond motifs is 3. The molecule has 0 amide bonds. The van der Waals surface area contributed by atoms with Gasteiger partial charge in [-0.25, -0.2) is 52.8 Å². The number of halogens is 10. The highest BCUT2D eigenvalue weighted by Crippen LogP contribution is 2.48. The van der Waals surface area contributed by atoms with Gasteiger partial charge in [0.15, 0.2) is 110 Å². The van der Waals surface area contributed by atoms with Gasteiger partial charge in [0.1, 0.15) is 0 Å². The zero-order chi connectivity index (χ0) is 103. The van der Waals surface area contributed by atoms with Crippen molar-refractivity contribution < 1.29 is 168 Å². The van der Waals surface area contributed by atoms with Crippen LogP contribution in [0.25, 0.3) is 25.1 Å². The Labute approximate surface area is 818 Å². The summed E-state index contributed by atoms with van der Waals surface area (Å²) in [5.41, 5.74) is 5.85. The first-order valence-corrected chi connectivity index (χ1v) is 53.2. The molecule has 0 N–H and O–H groups in total. The van der Waals surface area contributed by atoms with Gasteiger partial charge in [-0.05, 0) is 193 Å². The number of ether oxygens (including phenoxy) is 4. The number of benzene rings is 10. The minimum atomic E-state index is -5.81. The van der Waals surface area contributed by atoms with Crippen LogP contribution in [0.2, 0.25) is 0 Å². The summed E-state index contributed by atoms with van der Waals surface area (Å²) in [5, 5.41) is -15.7. The van der Waals surface area contributed by atoms with E-state index in [-0.39, 0.29) is 108 Å². The first-order chi connectivity index (χ1) is 62.5. The van der Waals surface area contributed by atoms with Crippen molar-refractivity contribution in [3.05, 3.63) is 352 Å². The zero-order valence-electron chi connectivity index (χ0n) is 77.5. The molecule has 10 aromatic carbocycles. The van der Waals surface area contributed by atoms with Crippen molar-refractivity contribution in [1.82, 2.24) is 0 Å². The number of carbonyl (C=O) groups is 4. The molecule has 0 bridgehead atoms. The molecule has 734 valence electrons. The number of esters is 4.